The van der Waals surface area contributed by atoms with E-state index in [4.69, 9.17) is 9.73 Å². The Morgan fingerprint density at radius 2 is 1.66 bits per heavy atom. The number of aryl methyl sites for hydroxylation is 1. The first-order chi connectivity index (χ1) is 15.7. The second-order valence-electron chi connectivity index (χ2n) is 7.62. The third kappa shape index (κ3) is 6.92. The van der Waals surface area contributed by atoms with Gasteiger partial charge >= 0.3 is 0 Å². The minimum atomic E-state index is 0.213. The zero-order chi connectivity index (χ0) is 22.6. The van der Waals surface area contributed by atoms with Gasteiger partial charge in [-0.25, -0.2) is 4.99 Å². The Bertz CT molecular complexity index is 916. The van der Waals surface area contributed by atoms with Crippen LogP contribution in [0.2, 0.25) is 0 Å². The van der Waals surface area contributed by atoms with E-state index in [0.29, 0.717) is 6.54 Å². The standard InChI is InChI=1S/C25H34N6O/c1-4-32-17-11-16-26-25(28-19-24-30-29-20(2)31(24)3)27-18-23(21-12-7-5-8-13-21)22-14-9-6-10-15-22/h5-10,12-15,23H,4,11,16-19H2,1-3H3,(H2,26,27,28). The highest BCUT2D eigenvalue weighted by atomic mass is 16.5. The van der Waals surface area contributed by atoms with Gasteiger partial charge in [0.25, 0.3) is 0 Å². The Morgan fingerprint density at radius 1 is 1.00 bits per heavy atom. The van der Waals surface area contributed by atoms with Crippen molar-refractivity contribution in [2.45, 2.75) is 32.7 Å². The van der Waals surface area contributed by atoms with Crippen LogP contribution in [0, 0.1) is 6.92 Å². The molecule has 0 aliphatic rings. The lowest BCUT2D eigenvalue weighted by Gasteiger charge is -2.21. The van der Waals surface area contributed by atoms with E-state index in [1.807, 2.05) is 25.5 Å². The van der Waals surface area contributed by atoms with Crippen molar-refractivity contribution < 1.29 is 4.74 Å². The predicted molar refractivity (Wildman–Crippen MR) is 129 cm³/mol. The highest BCUT2D eigenvalue weighted by molar-refractivity contribution is 5.79. The van der Waals surface area contributed by atoms with Crippen LogP contribution in [-0.2, 0) is 18.3 Å². The minimum Gasteiger partial charge on any atom is -0.382 e. The minimum absolute atomic E-state index is 0.213. The molecule has 2 N–H and O–H groups in total. The second-order valence-corrected chi connectivity index (χ2v) is 7.62. The number of rotatable bonds is 11. The number of aliphatic imine (C=N–C) groups is 1. The van der Waals surface area contributed by atoms with E-state index < -0.39 is 0 Å². The summed E-state index contributed by atoms with van der Waals surface area (Å²) in [7, 11) is 1.96. The summed E-state index contributed by atoms with van der Waals surface area (Å²) < 4.78 is 7.42. The fourth-order valence-corrected chi connectivity index (χ4v) is 3.44. The number of hydrogen-bond donors (Lipinski definition) is 2. The van der Waals surface area contributed by atoms with E-state index in [0.717, 1.165) is 50.3 Å². The first kappa shape index (κ1) is 23.5. The van der Waals surface area contributed by atoms with Crippen molar-refractivity contribution >= 4 is 5.96 Å². The molecule has 170 valence electrons. The van der Waals surface area contributed by atoms with E-state index in [-0.39, 0.29) is 5.92 Å². The van der Waals surface area contributed by atoms with Gasteiger partial charge in [-0.1, -0.05) is 60.7 Å². The van der Waals surface area contributed by atoms with Gasteiger partial charge < -0.3 is 19.9 Å². The molecule has 0 aliphatic carbocycles. The molecule has 32 heavy (non-hydrogen) atoms. The molecular formula is C25H34N6O. The van der Waals surface area contributed by atoms with Gasteiger partial charge in [0.2, 0.25) is 0 Å². The first-order valence-corrected chi connectivity index (χ1v) is 11.2. The van der Waals surface area contributed by atoms with Gasteiger partial charge in [0.05, 0.1) is 0 Å². The van der Waals surface area contributed by atoms with Crippen LogP contribution in [0.5, 0.6) is 0 Å². The lowest BCUT2D eigenvalue weighted by atomic mass is 9.91. The van der Waals surface area contributed by atoms with Crippen molar-refractivity contribution in [3.63, 3.8) is 0 Å². The number of nitrogens with zero attached hydrogens (tertiary/aromatic N) is 4. The normalized spacial score (nSPS) is 11.7. The molecule has 3 rings (SSSR count). The topological polar surface area (TPSA) is 76.4 Å². The van der Waals surface area contributed by atoms with Crippen molar-refractivity contribution in [3.05, 3.63) is 83.4 Å². The SMILES string of the molecule is CCOCCCNC(=NCc1nnc(C)n1C)NCC(c1ccccc1)c1ccccc1. The van der Waals surface area contributed by atoms with Crippen LogP contribution in [-0.4, -0.2) is 47.0 Å². The van der Waals surface area contributed by atoms with Gasteiger partial charge in [-0.3, -0.25) is 0 Å². The molecule has 2 aromatic carbocycles. The zero-order valence-corrected chi connectivity index (χ0v) is 19.3. The number of nitrogens with one attached hydrogen (secondary N) is 2. The Morgan fingerprint density at radius 3 is 2.22 bits per heavy atom. The number of guanidine groups is 1. The van der Waals surface area contributed by atoms with Crippen molar-refractivity contribution in [3.8, 4) is 0 Å². The molecule has 0 fully saturated rings. The van der Waals surface area contributed by atoms with Gasteiger partial charge in [-0.05, 0) is 31.4 Å². The van der Waals surface area contributed by atoms with Gasteiger partial charge in [-0.2, -0.15) is 0 Å². The van der Waals surface area contributed by atoms with Gasteiger partial charge in [0.15, 0.2) is 11.8 Å². The number of ether oxygens (including phenoxy) is 1. The summed E-state index contributed by atoms with van der Waals surface area (Å²) in [6, 6.07) is 21.1. The molecule has 0 aliphatic heterocycles. The maximum absolute atomic E-state index is 5.46. The Balaban J connectivity index is 1.72. The molecule has 1 heterocycles. The van der Waals surface area contributed by atoms with Crippen LogP contribution in [0.15, 0.2) is 65.7 Å². The summed E-state index contributed by atoms with van der Waals surface area (Å²) in [6.45, 7) is 7.39. The lowest BCUT2D eigenvalue weighted by Crippen LogP contribution is -2.40. The largest absolute Gasteiger partial charge is 0.382 e. The average molecular weight is 435 g/mol. The maximum Gasteiger partial charge on any atom is 0.191 e. The monoisotopic (exact) mass is 434 g/mol. The summed E-state index contributed by atoms with van der Waals surface area (Å²) in [5.74, 6) is 2.69. The molecule has 0 saturated heterocycles. The van der Waals surface area contributed by atoms with Crippen LogP contribution in [0.4, 0.5) is 0 Å². The van der Waals surface area contributed by atoms with Crippen LogP contribution >= 0.6 is 0 Å². The summed E-state index contributed by atoms with van der Waals surface area (Å²) >= 11 is 0. The molecular weight excluding hydrogens is 400 g/mol. The van der Waals surface area contributed by atoms with E-state index in [9.17, 15) is 0 Å². The molecule has 0 spiro atoms. The molecule has 0 radical (unpaired) electrons. The first-order valence-electron chi connectivity index (χ1n) is 11.2. The summed E-state index contributed by atoms with van der Waals surface area (Å²) in [5, 5.41) is 15.3. The van der Waals surface area contributed by atoms with Crippen molar-refractivity contribution in [2.75, 3.05) is 26.3 Å². The van der Waals surface area contributed by atoms with Gasteiger partial charge in [-0.15, -0.1) is 10.2 Å². The van der Waals surface area contributed by atoms with Crippen LogP contribution < -0.4 is 10.6 Å². The average Bonchev–Trinajstić information content (AvgIpc) is 3.15. The van der Waals surface area contributed by atoms with Gasteiger partial charge in [0, 0.05) is 39.3 Å². The summed E-state index contributed by atoms with van der Waals surface area (Å²) in [4.78, 5) is 4.78. The fourth-order valence-electron chi connectivity index (χ4n) is 3.44. The quantitative estimate of drug-likeness (QED) is 0.275. The highest BCUT2D eigenvalue weighted by Gasteiger charge is 2.15. The molecule has 0 saturated carbocycles. The van der Waals surface area contributed by atoms with E-state index in [1.165, 1.54) is 11.1 Å². The second kappa shape index (κ2) is 12.6. The third-order valence-electron chi connectivity index (χ3n) is 5.40. The zero-order valence-electron chi connectivity index (χ0n) is 19.3. The lowest BCUT2D eigenvalue weighted by molar-refractivity contribution is 0.145. The number of hydrogen-bond acceptors (Lipinski definition) is 4. The molecule has 0 unspecified atom stereocenters. The molecule has 7 nitrogen and oxygen atoms in total. The highest BCUT2D eigenvalue weighted by Crippen LogP contribution is 2.23. The van der Waals surface area contributed by atoms with Crippen LogP contribution in [0.3, 0.4) is 0 Å². The van der Waals surface area contributed by atoms with Crippen LogP contribution in [0.25, 0.3) is 0 Å². The van der Waals surface area contributed by atoms with Crippen LogP contribution in [0.1, 0.15) is 42.0 Å². The van der Waals surface area contributed by atoms with E-state index in [2.05, 4.69) is 81.5 Å². The van der Waals surface area contributed by atoms with Crippen molar-refractivity contribution in [1.82, 2.24) is 25.4 Å². The smallest absolute Gasteiger partial charge is 0.191 e. The molecule has 0 bridgehead atoms. The summed E-state index contributed by atoms with van der Waals surface area (Å²) in [6.07, 6.45) is 0.915. The fraction of sp³-hybridized carbons (Fsp3) is 0.400. The predicted octanol–water partition coefficient (Wildman–Crippen LogP) is 3.42. The molecule has 1 aromatic heterocycles. The molecule has 7 heteroatoms. The Hall–Kier alpha value is -3.19. The van der Waals surface area contributed by atoms with E-state index in [1.54, 1.807) is 0 Å². The molecule has 3 aromatic rings. The van der Waals surface area contributed by atoms with Crippen molar-refractivity contribution in [1.29, 1.82) is 0 Å². The Kier molecular flexibility index (Phi) is 9.25. The van der Waals surface area contributed by atoms with E-state index >= 15 is 0 Å². The van der Waals surface area contributed by atoms with Crippen molar-refractivity contribution in [2.24, 2.45) is 12.0 Å². The number of benzene rings is 2. The summed E-state index contributed by atoms with van der Waals surface area (Å²) in [5.41, 5.74) is 2.54. The molecule has 0 atom stereocenters. The van der Waals surface area contributed by atoms with Gasteiger partial charge in [0.1, 0.15) is 12.4 Å². The maximum atomic E-state index is 5.46. The third-order valence-corrected chi connectivity index (χ3v) is 5.40. The molecule has 0 amide bonds. The number of aromatic nitrogens is 3. The Labute approximate surface area is 190 Å².